The maximum Gasteiger partial charge on any atom is 0.0481 e. The minimum absolute atomic E-state index is 0.399. The van der Waals surface area contributed by atoms with E-state index in [0.717, 1.165) is 29.7 Å². The van der Waals surface area contributed by atoms with Crippen LogP contribution in [-0.4, -0.2) is 5.88 Å². The van der Waals surface area contributed by atoms with Crippen molar-refractivity contribution in [2.75, 3.05) is 5.88 Å². The second-order valence-corrected chi connectivity index (χ2v) is 3.50. The monoisotopic (exact) mass is 210 g/mol. The Balaban J connectivity index is 2.95. The summed E-state index contributed by atoms with van der Waals surface area (Å²) in [6.07, 6.45) is 7.86. The molecule has 4 N–H and O–H groups in total. The third kappa shape index (κ3) is 2.67. The van der Waals surface area contributed by atoms with Gasteiger partial charge in [0, 0.05) is 17.3 Å². The lowest BCUT2D eigenvalue weighted by molar-refractivity contribution is 0.985. The molecule has 0 unspecified atom stereocenters. The molecule has 0 bridgehead atoms. The van der Waals surface area contributed by atoms with E-state index < -0.39 is 0 Å². The van der Waals surface area contributed by atoms with Gasteiger partial charge < -0.3 is 11.5 Å². The minimum Gasteiger partial charge on any atom is -0.399 e. The molecular weight excluding hydrogens is 196 g/mol. The van der Waals surface area contributed by atoms with E-state index in [0.29, 0.717) is 11.6 Å². The molecule has 2 nitrogen and oxygen atoms in total. The lowest BCUT2D eigenvalue weighted by Crippen LogP contribution is -2.08. The SMILES string of the molecule is C=C(N)/C=C(/CCl)C1=CCCC=C1N. The summed E-state index contributed by atoms with van der Waals surface area (Å²) in [4.78, 5) is 0. The highest BCUT2D eigenvalue weighted by atomic mass is 35.5. The molecule has 1 aliphatic carbocycles. The van der Waals surface area contributed by atoms with Gasteiger partial charge in [-0.05, 0) is 30.1 Å². The maximum absolute atomic E-state index is 5.85. The predicted molar refractivity (Wildman–Crippen MR) is 61.7 cm³/mol. The molecule has 76 valence electrons. The Morgan fingerprint density at radius 1 is 1.50 bits per heavy atom. The number of nitrogens with two attached hydrogens (primary N) is 2. The summed E-state index contributed by atoms with van der Waals surface area (Å²) in [5, 5.41) is 0. The van der Waals surface area contributed by atoms with Gasteiger partial charge >= 0.3 is 0 Å². The van der Waals surface area contributed by atoms with Crippen LogP contribution >= 0.6 is 11.6 Å². The summed E-state index contributed by atoms with van der Waals surface area (Å²) in [7, 11) is 0. The van der Waals surface area contributed by atoms with Crippen LogP contribution in [-0.2, 0) is 0 Å². The zero-order chi connectivity index (χ0) is 10.6. The molecule has 0 aliphatic heterocycles. The Morgan fingerprint density at radius 2 is 2.14 bits per heavy atom. The lowest BCUT2D eigenvalue weighted by Gasteiger charge is -2.14. The number of alkyl halides is 1. The second-order valence-electron chi connectivity index (χ2n) is 3.23. The van der Waals surface area contributed by atoms with Gasteiger partial charge in [0.15, 0.2) is 0 Å². The molecule has 0 saturated heterocycles. The van der Waals surface area contributed by atoms with Gasteiger partial charge in [0.1, 0.15) is 0 Å². The number of allylic oxidation sites excluding steroid dienone is 4. The van der Waals surface area contributed by atoms with Crippen LogP contribution in [0.25, 0.3) is 0 Å². The van der Waals surface area contributed by atoms with Crippen molar-refractivity contribution < 1.29 is 0 Å². The largest absolute Gasteiger partial charge is 0.399 e. The second kappa shape index (κ2) is 4.91. The Kier molecular flexibility index (Phi) is 3.84. The van der Waals surface area contributed by atoms with Crippen molar-refractivity contribution in [1.82, 2.24) is 0 Å². The summed E-state index contributed by atoms with van der Waals surface area (Å²) in [5.74, 6) is 0.399. The minimum atomic E-state index is 0.399. The van der Waals surface area contributed by atoms with E-state index in [2.05, 4.69) is 12.7 Å². The molecule has 0 aromatic rings. The molecule has 0 radical (unpaired) electrons. The van der Waals surface area contributed by atoms with Crippen LogP contribution < -0.4 is 11.5 Å². The Hall–Kier alpha value is -1.15. The van der Waals surface area contributed by atoms with Crippen LogP contribution in [0.5, 0.6) is 0 Å². The molecule has 0 spiro atoms. The third-order valence-electron chi connectivity index (χ3n) is 2.04. The summed E-state index contributed by atoms with van der Waals surface area (Å²) in [5.41, 5.74) is 14.6. The molecule has 3 heteroatoms. The maximum atomic E-state index is 5.85. The van der Waals surface area contributed by atoms with Crippen LogP contribution in [0, 0.1) is 0 Å². The molecule has 0 atom stereocenters. The van der Waals surface area contributed by atoms with Crippen molar-refractivity contribution in [3.63, 3.8) is 0 Å². The first-order valence-electron chi connectivity index (χ1n) is 4.52. The van der Waals surface area contributed by atoms with Gasteiger partial charge in [-0.25, -0.2) is 0 Å². The van der Waals surface area contributed by atoms with Crippen molar-refractivity contribution in [1.29, 1.82) is 0 Å². The quantitative estimate of drug-likeness (QED) is 0.554. The normalized spacial score (nSPS) is 17.4. The van der Waals surface area contributed by atoms with Gasteiger partial charge in [0.2, 0.25) is 0 Å². The van der Waals surface area contributed by atoms with E-state index in [4.69, 9.17) is 23.1 Å². The number of hydrogen-bond acceptors (Lipinski definition) is 2. The van der Waals surface area contributed by atoms with Crippen LogP contribution in [0.3, 0.4) is 0 Å². The smallest absolute Gasteiger partial charge is 0.0481 e. The molecule has 1 rings (SSSR count). The molecule has 14 heavy (non-hydrogen) atoms. The predicted octanol–water partition coefficient (Wildman–Crippen LogP) is 2.19. The van der Waals surface area contributed by atoms with E-state index in [1.54, 1.807) is 6.08 Å². The Bertz CT molecular complexity index is 324. The van der Waals surface area contributed by atoms with Gasteiger partial charge in [0.25, 0.3) is 0 Å². The molecule has 0 aromatic carbocycles. The number of hydrogen-bond donors (Lipinski definition) is 2. The van der Waals surface area contributed by atoms with Crippen molar-refractivity contribution in [2.45, 2.75) is 12.8 Å². The topological polar surface area (TPSA) is 52.0 Å². The van der Waals surface area contributed by atoms with Crippen LogP contribution in [0.2, 0.25) is 0 Å². The molecule has 0 aromatic heterocycles. The average molecular weight is 211 g/mol. The highest BCUT2D eigenvalue weighted by Gasteiger charge is 2.09. The molecule has 0 saturated carbocycles. The number of rotatable bonds is 3. The molecule has 1 aliphatic rings. The first kappa shape index (κ1) is 10.9. The molecule has 0 amide bonds. The third-order valence-corrected chi connectivity index (χ3v) is 2.33. The van der Waals surface area contributed by atoms with E-state index in [9.17, 15) is 0 Å². The van der Waals surface area contributed by atoms with E-state index in [1.807, 2.05) is 6.08 Å². The van der Waals surface area contributed by atoms with Crippen molar-refractivity contribution >= 4 is 11.6 Å². The van der Waals surface area contributed by atoms with Crippen molar-refractivity contribution in [3.05, 3.63) is 47.3 Å². The van der Waals surface area contributed by atoms with Crippen LogP contribution in [0.1, 0.15) is 12.8 Å². The fraction of sp³-hybridized carbons (Fsp3) is 0.273. The number of halogens is 1. The van der Waals surface area contributed by atoms with Gasteiger partial charge in [-0.2, -0.15) is 0 Å². The van der Waals surface area contributed by atoms with E-state index in [-0.39, 0.29) is 0 Å². The summed E-state index contributed by atoms with van der Waals surface area (Å²) in [6.45, 7) is 3.62. The summed E-state index contributed by atoms with van der Waals surface area (Å²) in [6, 6.07) is 0. The molecular formula is C11H15ClN2. The Morgan fingerprint density at radius 3 is 2.64 bits per heavy atom. The molecule has 0 heterocycles. The summed E-state index contributed by atoms with van der Waals surface area (Å²) >= 11 is 5.82. The first-order valence-corrected chi connectivity index (χ1v) is 5.06. The van der Waals surface area contributed by atoms with Crippen LogP contribution in [0.4, 0.5) is 0 Å². The zero-order valence-corrected chi connectivity index (χ0v) is 8.85. The van der Waals surface area contributed by atoms with E-state index in [1.165, 1.54) is 0 Å². The van der Waals surface area contributed by atoms with Crippen molar-refractivity contribution in [3.8, 4) is 0 Å². The highest BCUT2D eigenvalue weighted by Crippen LogP contribution is 2.23. The average Bonchev–Trinajstić information content (AvgIpc) is 2.15. The first-order chi connectivity index (χ1) is 6.65. The fourth-order valence-electron chi connectivity index (χ4n) is 1.42. The lowest BCUT2D eigenvalue weighted by atomic mass is 9.97. The van der Waals surface area contributed by atoms with Gasteiger partial charge in [-0.3, -0.25) is 0 Å². The zero-order valence-electron chi connectivity index (χ0n) is 8.09. The van der Waals surface area contributed by atoms with Gasteiger partial charge in [-0.15, -0.1) is 11.6 Å². The van der Waals surface area contributed by atoms with Gasteiger partial charge in [-0.1, -0.05) is 18.7 Å². The standard InChI is InChI=1S/C11H15ClN2/c1-8(13)6-9(7-12)10-4-2-3-5-11(10)14/h4-6H,1-3,7,13-14H2/b9-6-. The molecule has 0 fully saturated rings. The van der Waals surface area contributed by atoms with Gasteiger partial charge in [0.05, 0.1) is 0 Å². The van der Waals surface area contributed by atoms with Crippen molar-refractivity contribution in [2.24, 2.45) is 11.5 Å². The highest BCUT2D eigenvalue weighted by molar-refractivity contribution is 6.20. The van der Waals surface area contributed by atoms with E-state index >= 15 is 0 Å². The van der Waals surface area contributed by atoms with Crippen LogP contribution in [0.15, 0.2) is 47.3 Å². The fourth-order valence-corrected chi connectivity index (χ4v) is 1.64. The summed E-state index contributed by atoms with van der Waals surface area (Å²) < 4.78 is 0. The Labute approximate surface area is 89.6 Å².